The van der Waals surface area contributed by atoms with Crippen molar-refractivity contribution >= 4 is 17.6 Å². The number of ether oxygens (including phenoxy) is 1. The number of aryl methyl sites for hydroxylation is 1. The number of anilines is 3. The van der Waals surface area contributed by atoms with Crippen LogP contribution in [0, 0.1) is 6.92 Å². The largest absolute Gasteiger partial charge is 0.486 e. The van der Waals surface area contributed by atoms with Crippen molar-refractivity contribution in [3.63, 3.8) is 0 Å². The molecule has 3 N–H and O–H groups in total. The number of aromatic nitrogens is 4. The molecule has 1 aromatic carbocycles. The molecule has 116 valence electrons. The first-order chi connectivity index (χ1) is 11.2. The van der Waals surface area contributed by atoms with Gasteiger partial charge in [0.15, 0.2) is 5.75 Å². The minimum absolute atomic E-state index is 0.215. The fraction of sp³-hybridized carbons (Fsp3) is 0.125. The molecule has 0 fully saturated rings. The molecule has 0 saturated heterocycles. The lowest BCUT2D eigenvalue weighted by Gasteiger charge is -2.07. The summed E-state index contributed by atoms with van der Waals surface area (Å²) in [5.74, 6) is 1.29. The number of hydrogen-bond donors (Lipinski definition) is 2. The Kier molecular flexibility index (Phi) is 4.28. The smallest absolute Gasteiger partial charge is 0.227 e. The second-order valence-electron chi connectivity index (χ2n) is 4.97. The summed E-state index contributed by atoms with van der Waals surface area (Å²) in [6.07, 6.45) is 6.47. The van der Waals surface area contributed by atoms with Crippen LogP contribution in [0.15, 0.2) is 49.1 Å². The van der Waals surface area contributed by atoms with E-state index in [1.807, 2.05) is 31.2 Å². The van der Waals surface area contributed by atoms with E-state index in [9.17, 15) is 0 Å². The molecular weight excluding hydrogens is 292 g/mol. The Morgan fingerprint density at radius 1 is 0.957 bits per heavy atom. The summed E-state index contributed by atoms with van der Waals surface area (Å²) < 4.78 is 5.54. The van der Waals surface area contributed by atoms with Crippen LogP contribution in [0.25, 0.3) is 0 Å². The topological polar surface area (TPSA) is 98.8 Å². The highest BCUT2D eigenvalue weighted by Gasteiger charge is 2.01. The predicted octanol–water partition coefficient (Wildman–Crippen LogP) is 2.48. The van der Waals surface area contributed by atoms with Gasteiger partial charge in [-0.05, 0) is 19.1 Å². The van der Waals surface area contributed by atoms with E-state index in [2.05, 4.69) is 25.3 Å². The Morgan fingerprint density at radius 2 is 1.61 bits per heavy atom. The van der Waals surface area contributed by atoms with Gasteiger partial charge in [-0.25, -0.2) is 19.9 Å². The van der Waals surface area contributed by atoms with Crippen LogP contribution < -0.4 is 15.8 Å². The van der Waals surface area contributed by atoms with Gasteiger partial charge in [-0.15, -0.1) is 0 Å². The van der Waals surface area contributed by atoms with Crippen LogP contribution in [-0.2, 0) is 6.61 Å². The number of nitrogen functional groups attached to an aromatic ring is 1. The Morgan fingerprint density at radius 3 is 2.26 bits per heavy atom. The van der Waals surface area contributed by atoms with Crippen LogP contribution in [0.4, 0.5) is 17.6 Å². The van der Waals surface area contributed by atoms with E-state index in [4.69, 9.17) is 10.5 Å². The predicted molar refractivity (Wildman–Crippen MR) is 87.3 cm³/mol. The van der Waals surface area contributed by atoms with Gasteiger partial charge in [0.1, 0.15) is 6.61 Å². The second kappa shape index (κ2) is 6.69. The van der Waals surface area contributed by atoms with Crippen molar-refractivity contribution in [3.8, 4) is 5.75 Å². The molecule has 0 aliphatic rings. The maximum absolute atomic E-state index is 5.54. The standard InChI is InChI=1S/C16H16N6O/c1-11-2-4-13(5-3-11)22-16-20-6-12(7-21-16)10-23-14-8-18-15(17)19-9-14/h2-9H,10H2,1H3,(H2,17,18,19)(H,20,21,22). The fourth-order valence-electron chi connectivity index (χ4n) is 1.83. The summed E-state index contributed by atoms with van der Waals surface area (Å²) in [7, 11) is 0. The van der Waals surface area contributed by atoms with Gasteiger partial charge in [0, 0.05) is 23.6 Å². The molecule has 0 amide bonds. The van der Waals surface area contributed by atoms with Crippen molar-refractivity contribution in [2.75, 3.05) is 11.1 Å². The highest BCUT2D eigenvalue weighted by atomic mass is 16.5. The molecule has 23 heavy (non-hydrogen) atoms. The van der Waals surface area contributed by atoms with Crippen LogP contribution >= 0.6 is 0 Å². The fourth-order valence-corrected chi connectivity index (χ4v) is 1.83. The molecule has 0 bridgehead atoms. The number of nitrogens with two attached hydrogens (primary N) is 1. The highest BCUT2D eigenvalue weighted by molar-refractivity contribution is 5.53. The lowest BCUT2D eigenvalue weighted by Crippen LogP contribution is -2.02. The molecular formula is C16H16N6O. The summed E-state index contributed by atoms with van der Waals surface area (Å²) >= 11 is 0. The average molecular weight is 308 g/mol. The summed E-state index contributed by atoms with van der Waals surface area (Å²) in [6.45, 7) is 2.37. The van der Waals surface area contributed by atoms with Crippen molar-refractivity contribution in [3.05, 3.63) is 60.2 Å². The molecule has 7 heteroatoms. The minimum atomic E-state index is 0.215. The molecule has 2 aromatic heterocycles. The van der Waals surface area contributed by atoms with E-state index in [-0.39, 0.29) is 5.95 Å². The van der Waals surface area contributed by atoms with Gasteiger partial charge in [0.05, 0.1) is 12.4 Å². The maximum atomic E-state index is 5.54. The van der Waals surface area contributed by atoms with Crippen molar-refractivity contribution < 1.29 is 4.74 Å². The average Bonchev–Trinajstić information content (AvgIpc) is 2.58. The van der Waals surface area contributed by atoms with E-state index in [0.29, 0.717) is 18.3 Å². The molecule has 0 saturated carbocycles. The first-order valence-corrected chi connectivity index (χ1v) is 7.04. The second-order valence-corrected chi connectivity index (χ2v) is 4.97. The lowest BCUT2D eigenvalue weighted by atomic mass is 10.2. The van der Waals surface area contributed by atoms with Gasteiger partial charge < -0.3 is 15.8 Å². The van der Waals surface area contributed by atoms with Crippen molar-refractivity contribution in [2.24, 2.45) is 0 Å². The third-order valence-electron chi connectivity index (χ3n) is 3.07. The Labute approximate surface area is 133 Å². The Balaban J connectivity index is 1.58. The number of benzene rings is 1. The first-order valence-electron chi connectivity index (χ1n) is 7.04. The number of nitrogens with zero attached hydrogens (tertiary/aromatic N) is 4. The summed E-state index contributed by atoms with van der Waals surface area (Å²) in [6, 6.07) is 8.02. The van der Waals surface area contributed by atoms with Crippen LogP contribution in [0.3, 0.4) is 0 Å². The molecule has 2 heterocycles. The maximum Gasteiger partial charge on any atom is 0.227 e. The lowest BCUT2D eigenvalue weighted by molar-refractivity contribution is 0.303. The summed E-state index contributed by atoms with van der Waals surface area (Å²) in [5, 5.41) is 3.14. The van der Waals surface area contributed by atoms with Gasteiger partial charge in [-0.1, -0.05) is 17.7 Å². The molecule has 3 aromatic rings. The zero-order valence-electron chi connectivity index (χ0n) is 12.6. The molecule has 7 nitrogen and oxygen atoms in total. The SMILES string of the molecule is Cc1ccc(Nc2ncc(COc3cnc(N)nc3)cn2)cc1. The summed E-state index contributed by atoms with van der Waals surface area (Å²) in [4.78, 5) is 16.3. The van der Waals surface area contributed by atoms with Gasteiger partial charge in [-0.2, -0.15) is 0 Å². The van der Waals surface area contributed by atoms with E-state index in [0.717, 1.165) is 11.3 Å². The van der Waals surface area contributed by atoms with Gasteiger partial charge in [-0.3, -0.25) is 0 Å². The Hall–Kier alpha value is -3.22. The van der Waals surface area contributed by atoms with Crippen LogP contribution in [0.2, 0.25) is 0 Å². The molecule has 3 rings (SSSR count). The quantitative estimate of drug-likeness (QED) is 0.747. The molecule has 0 spiro atoms. The van der Waals surface area contributed by atoms with Crippen LogP contribution in [0.5, 0.6) is 5.75 Å². The van der Waals surface area contributed by atoms with E-state index >= 15 is 0 Å². The summed E-state index contributed by atoms with van der Waals surface area (Å²) in [5.41, 5.74) is 8.41. The zero-order valence-corrected chi connectivity index (χ0v) is 12.6. The third-order valence-corrected chi connectivity index (χ3v) is 3.07. The van der Waals surface area contributed by atoms with Gasteiger partial charge >= 0.3 is 0 Å². The molecule has 0 aliphatic heterocycles. The first kappa shape index (κ1) is 14.7. The minimum Gasteiger partial charge on any atom is -0.486 e. The van der Waals surface area contributed by atoms with Gasteiger partial charge in [0.2, 0.25) is 11.9 Å². The van der Waals surface area contributed by atoms with Gasteiger partial charge in [0.25, 0.3) is 0 Å². The molecule has 0 aliphatic carbocycles. The van der Waals surface area contributed by atoms with Crippen LogP contribution in [-0.4, -0.2) is 19.9 Å². The van der Waals surface area contributed by atoms with Crippen LogP contribution in [0.1, 0.15) is 11.1 Å². The molecule has 0 unspecified atom stereocenters. The number of hydrogen-bond acceptors (Lipinski definition) is 7. The molecule has 0 radical (unpaired) electrons. The zero-order chi connectivity index (χ0) is 16.1. The highest BCUT2D eigenvalue weighted by Crippen LogP contribution is 2.14. The third kappa shape index (κ3) is 4.13. The number of nitrogens with one attached hydrogen (secondary N) is 1. The molecule has 0 atom stereocenters. The monoisotopic (exact) mass is 308 g/mol. The van der Waals surface area contributed by atoms with E-state index in [1.54, 1.807) is 12.4 Å². The van der Waals surface area contributed by atoms with Crippen molar-refractivity contribution in [2.45, 2.75) is 13.5 Å². The Bertz CT molecular complexity index is 756. The van der Waals surface area contributed by atoms with E-state index < -0.39 is 0 Å². The van der Waals surface area contributed by atoms with Crippen molar-refractivity contribution in [1.29, 1.82) is 0 Å². The van der Waals surface area contributed by atoms with E-state index in [1.165, 1.54) is 18.0 Å². The normalized spacial score (nSPS) is 10.3. The number of rotatable bonds is 5. The van der Waals surface area contributed by atoms with Crippen molar-refractivity contribution in [1.82, 2.24) is 19.9 Å².